The van der Waals surface area contributed by atoms with Gasteiger partial charge in [-0.2, -0.15) is 5.10 Å². The summed E-state index contributed by atoms with van der Waals surface area (Å²) in [5, 5.41) is 7.59. The number of rotatable bonds is 5. The molecule has 0 bridgehead atoms. The number of para-hydroxylation sites is 1. The van der Waals surface area contributed by atoms with Crippen LogP contribution in [0.25, 0.3) is 5.69 Å². The number of anilines is 1. The minimum Gasteiger partial charge on any atom is -0.324 e. The molecule has 0 saturated carbocycles. The monoisotopic (exact) mass is 396 g/mol. The molecule has 1 fully saturated rings. The Balaban J connectivity index is 1.71. The van der Waals surface area contributed by atoms with Crippen LogP contribution in [0.5, 0.6) is 0 Å². The van der Waals surface area contributed by atoms with Gasteiger partial charge in [0.1, 0.15) is 5.69 Å². The second-order valence-corrected chi connectivity index (χ2v) is 8.81. The highest BCUT2D eigenvalue weighted by Gasteiger charge is 2.30. The highest BCUT2D eigenvalue weighted by Crippen LogP contribution is 2.29. The largest absolute Gasteiger partial charge is 0.324 e. The van der Waals surface area contributed by atoms with E-state index in [0.717, 1.165) is 0 Å². The smallest absolute Gasteiger partial charge is 0.227 e. The molecule has 140 valence electrons. The van der Waals surface area contributed by atoms with E-state index in [1.807, 2.05) is 0 Å². The minimum atomic E-state index is -3.20. The Morgan fingerprint density at radius 3 is 2.65 bits per heavy atom. The predicted octanol–water partition coefficient (Wildman–Crippen LogP) is 2.53. The first-order valence-corrected chi connectivity index (χ1v) is 10.5. The minimum absolute atomic E-state index is 0.0829. The van der Waals surface area contributed by atoms with E-state index in [9.17, 15) is 13.2 Å². The first-order chi connectivity index (χ1) is 12.4. The summed E-state index contributed by atoms with van der Waals surface area (Å²) in [6.45, 7) is 2.37. The predicted molar refractivity (Wildman–Crippen MR) is 101 cm³/mol. The van der Waals surface area contributed by atoms with Crippen LogP contribution in [0.4, 0.5) is 5.69 Å². The standard InChI is InChI=1S/C17H21ClN4O3S/c1-2-26(24,25)21-11-7-13(8-12-21)17(23)20-15-6-3-5-14(18)16(15)22-10-4-9-19-22/h3-6,9-10,13H,2,7-8,11-12H2,1H3,(H,20,23). The molecule has 0 radical (unpaired) electrons. The average Bonchev–Trinajstić information content (AvgIpc) is 3.16. The molecular formula is C17H21ClN4O3S. The third-order valence-corrected chi connectivity index (χ3v) is 6.75. The topological polar surface area (TPSA) is 84.3 Å². The van der Waals surface area contributed by atoms with Crippen LogP contribution < -0.4 is 5.32 Å². The number of hydrogen-bond acceptors (Lipinski definition) is 4. The van der Waals surface area contributed by atoms with Crippen molar-refractivity contribution in [3.05, 3.63) is 41.7 Å². The van der Waals surface area contributed by atoms with Crippen molar-refractivity contribution in [2.24, 2.45) is 5.92 Å². The van der Waals surface area contributed by atoms with Gasteiger partial charge in [0.2, 0.25) is 15.9 Å². The number of hydrogen-bond donors (Lipinski definition) is 1. The summed E-state index contributed by atoms with van der Waals surface area (Å²) in [4.78, 5) is 12.7. The molecule has 1 aliphatic rings. The lowest BCUT2D eigenvalue weighted by atomic mass is 9.97. The first kappa shape index (κ1) is 18.9. The van der Waals surface area contributed by atoms with E-state index < -0.39 is 10.0 Å². The molecule has 1 aromatic carbocycles. The Hall–Kier alpha value is -1.90. The molecule has 7 nitrogen and oxygen atoms in total. The molecule has 0 aliphatic carbocycles. The Morgan fingerprint density at radius 2 is 2.04 bits per heavy atom. The van der Waals surface area contributed by atoms with Gasteiger partial charge in [0, 0.05) is 31.4 Å². The number of benzene rings is 1. The van der Waals surface area contributed by atoms with E-state index in [4.69, 9.17) is 11.6 Å². The fourth-order valence-corrected chi connectivity index (χ4v) is 4.46. The second kappa shape index (κ2) is 7.77. The highest BCUT2D eigenvalue weighted by molar-refractivity contribution is 7.89. The lowest BCUT2D eigenvalue weighted by molar-refractivity contribution is -0.120. The van der Waals surface area contributed by atoms with Gasteiger partial charge in [-0.3, -0.25) is 4.79 Å². The maximum Gasteiger partial charge on any atom is 0.227 e. The first-order valence-electron chi connectivity index (χ1n) is 8.49. The maximum absolute atomic E-state index is 12.7. The van der Waals surface area contributed by atoms with Crippen LogP contribution in [0.3, 0.4) is 0 Å². The van der Waals surface area contributed by atoms with Crippen LogP contribution in [-0.4, -0.2) is 47.3 Å². The Morgan fingerprint density at radius 1 is 1.31 bits per heavy atom. The summed E-state index contributed by atoms with van der Waals surface area (Å²) >= 11 is 6.29. The molecule has 26 heavy (non-hydrogen) atoms. The molecular weight excluding hydrogens is 376 g/mol. The highest BCUT2D eigenvalue weighted by atomic mass is 35.5. The number of carbonyl (C=O) groups is 1. The van der Waals surface area contributed by atoms with Gasteiger partial charge < -0.3 is 5.32 Å². The van der Waals surface area contributed by atoms with E-state index >= 15 is 0 Å². The molecule has 1 N–H and O–H groups in total. The number of halogens is 1. The normalized spacial score (nSPS) is 16.5. The fraction of sp³-hybridized carbons (Fsp3) is 0.412. The molecule has 0 unspecified atom stereocenters. The van der Waals surface area contributed by atoms with Crippen molar-refractivity contribution in [2.75, 3.05) is 24.2 Å². The number of nitrogens with zero attached hydrogens (tertiary/aromatic N) is 3. The van der Waals surface area contributed by atoms with Crippen LogP contribution in [-0.2, 0) is 14.8 Å². The lowest BCUT2D eigenvalue weighted by Gasteiger charge is -2.30. The van der Waals surface area contributed by atoms with Crippen LogP contribution in [0, 0.1) is 5.92 Å². The van der Waals surface area contributed by atoms with Crippen molar-refractivity contribution in [1.29, 1.82) is 0 Å². The molecule has 2 heterocycles. The number of sulfonamides is 1. The molecule has 1 aliphatic heterocycles. The summed E-state index contributed by atoms with van der Waals surface area (Å²) in [5.41, 5.74) is 1.19. The van der Waals surface area contributed by atoms with Gasteiger partial charge in [0.15, 0.2) is 0 Å². The van der Waals surface area contributed by atoms with Gasteiger partial charge in [-0.15, -0.1) is 0 Å². The van der Waals surface area contributed by atoms with Gasteiger partial charge >= 0.3 is 0 Å². The average molecular weight is 397 g/mol. The number of piperidine rings is 1. The molecule has 0 spiro atoms. The van der Waals surface area contributed by atoms with Crippen molar-refractivity contribution >= 4 is 33.2 Å². The van der Waals surface area contributed by atoms with Crippen LogP contribution in [0.2, 0.25) is 5.02 Å². The van der Waals surface area contributed by atoms with Crippen molar-refractivity contribution in [3.8, 4) is 5.69 Å². The molecule has 2 aromatic rings. The maximum atomic E-state index is 12.7. The van der Waals surface area contributed by atoms with E-state index in [1.54, 1.807) is 48.3 Å². The van der Waals surface area contributed by atoms with Gasteiger partial charge in [0.25, 0.3) is 0 Å². The SMILES string of the molecule is CCS(=O)(=O)N1CCC(C(=O)Nc2cccc(Cl)c2-n2cccn2)CC1. The zero-order valence-electron chi connectivity index (χ0n) is 14.4. The third-order valence-electron chi connectivity index (χ3n) is 4.56. The summed E-state index contributed by atoms with van der Waals surface area (Å²) in [6, 6.07) is 7.06. The fourth-order valence-electron chi connectivity index (χ4n) is 3.06. The number of nitrogens with one attached hydrogen (secondary N) is 1. The summed E-state index contributed by atoms with van der Waals surface area (Å²) in [7, 11) is -3.20. The molecule has 1 amide bonds. The van der Waals surface area contributed by atoms with Crippen LogP contribution >= 0.6 is 11.6 Å². The van der Waals surface area contributed by atoms with Crippen LogP contribution in [0.1, 0.15) is 19.8 Å². The van der Waals surface area contributed by atoms with Crippen molar-refractivity contribution in [3.63, 3.8) is 0 Å². The summed E-state index contributed by atoms with van der Waals surface area (Å²) in [6.07, 6.45) is 4.40. The third kappa shape index (κ3) is 3.92. The molecule has 3 rings (SSSR count). The number of amides is 1. The van der Waals surface area contributed by atoms with Crippen LogP contribution in [0.15, 0.2) is 36.7 Å². The zero-order chi connectivity index (χ0) is 18.7. The van der Waals surface area contributed by atoms with E-state index in [2.05, 4.69) is 10.4 Å². The summed E-state index contributed by atoms with van der Waals surface area (Å²) < 4.78 is 26.9. The molecule has 1 aromatic heterocycles. The van der Waals surface area contributed by atoms with Gasteiger partial charge in [-0.05, 0) is 38.0 Å². The van der Waals surface area contributed by atoms with Crippen molar-refractivity contribution < 1.29 is 13.2 Å². The Bertz CT molecular complexity index is 875. The zero-order valence-corrected chi connectivity index (χ0v) is 16.0. The van der Waals surface area contributed by atoms with Gasteiger partial charge in [-0.1, -0.05) is 17.7 Å². The van der Waals surface area contributed by atoms with Gasteiger partial charge in [0.05, 0.1) is 16.5 Å². The number of carbonyl (C=O) groups excluding carboxylic acids is 1. The Kier molecular flexibility index (Phi) is 5.64. The Labute approximate surface area is 158 Å². The van der Waals surface area contributed by atoms with Crippen molar-refractivity contribution in [2.45, 2.75) is 19.8 Å². The molecule has 1 saturated heterocycles. The van der Waals surface area contributed by atoms with E-state index in [1.165, 1.54) is 4.31 Å². The lowest BCUT2D eigenvalue weighted by Crippen LogP contribution is -2.42. The molecule has 9 heteroatoms. The van der Waals surface area contributed by atoms with Gasteiger partial charge in [-0.25, -0.2) is 17.4 Å². The van der Waals surface area contributed by atoms with Crippen molar-refractivity contribution in [1.82, 2.24) is 14.1 Å². The van der Waals surface area contributed by atoms with E-state index in [0.29, 0.717) is 42.3 Å². The number of aromatic nitrogens is 2. The molecule has 0 atom stereocenters. The van der Waals surface area contributed by atoms with E-state index in [-0.39, 0.29) is 17.6 Å². The quantitative estimate of drug-likeness (QED) is 0.841. The second-order valence-electron chi connectivity index (χ2n) is 6.15. The summed E-state index contributed by atoms with van der Waals surface area (Å²) in [5.74, 6) is -0.281.